The highest BCUT2D eigenvalue weighted by atomic mass is 16.5. The summed E-state index contributed by atoms with van der Waals surface area (Å²) in [7, 11) is 0. The highest BCUT2D eigenvalue weighted by molar-refractivity contribution is 5.75. The summed E-state index contributed by atoms with van der Waals surface area (Å²) in [6.45, 7) is 1.69. The number of fused-ring (bicyclic) bond motifs is 5. The maximum absolute atomic E-state index is 12.1. The van der Waals surface area contributed by atoms with Gasteiger partial charge in [0.1, 0.15) is 12.1 Å². The second kappa shape index (κ2) is 8.14. The Morgan fingerprint density at radius 1 is 1.03 bits per heavy atom. The molecule has 4 aliphatic rings. The lowest BCUT2D eigenvalue weighted by atomic mass is 9.49. The summed E-state index contributed by atoms with van der Waals surface area (Å²) in [5.41, 5.74) is 6.65. The fourth-order valence-corrected chi connectivity index (χ4v) is 7.82. The van der Waals surface area contributed by atoms with Crippen molar-refractivity contribution in [1.82, 2.24) is 0 Å². The fourth-order valence-electron chi connectivity index (χ4n) is 7.82. The van der Waals surface area contributed by atoms with Crippen molar-refractivity contribution < 1.29 is 13.9 Å². The first-order chi connectivity index (χ1) is 14.5. The molecule has 5 heteroatoms. The van der Waals surface area contributed by atoms with Crippen molar-refractivity contribution in [3.8, 4) is 0 Å². The van der Waals surface area contributed by atoms with Gasteiger partial charge in [-0.15, -0.1) is 0 Å². The predicted octanol–water partition coefficient (Wildman–Crippen LogP) is 4.24. The van der Waals surface area contributed by atoms with Gasteiger partial charge in [0.2, 0.25) is 0 Å². The number of carbonyl (C=O) groups excluding carboxylic acids is 1. The summed E-state index contributed by atoms with van der Waals surface area (Å²) < 4.78 is 11.0. The van der Waals surface area contributed by atoms with Crippen LogP contribution in [0.4, 0.5) is 0 Å². The zero-order chi connectivity index (χ0) is 20.8. The van der Waals surface area contributed by atoms with E-state index in [2.05, 4.69) is 0 Å². The fraction of sp³-hybridized carbons (Fsp3) is 0.760. The first-order valence-electron chi connectivity index (χ1n) is 12.1. The van der Waals surface area contributed by atoms with E-state index in [1.165, 1.54) is 37.7 Å². The Hall–Kier alpha value is -1.62. The Bertz CT molecular complexity index is 812. The molecule has 4 saturated carbocycles. The van der Waals surface area contributed by atoms with Crippen LogP contribution >= 0.6 is 0 Å². The molecule has 1 aromatic heterocycles. The Balaban J connectivity index is 1.42. The molecule has 0 bridgehead atoms. The average molecular weight is 414 g/mol. The van der Waals surface area contributed by atoms with Crippen LogP contribution in [0.1, 0.15) is 76.2 Å². The average Bonchev–Trinajstić information content (AvgIpc) is 3.22. The second-order valence-corrected chi connectivity index (χ2v) is 10.5. The minimum Gasteiger partial charge on any atom is -0.461 e. The molecule has 2 N–H and O–H groups in total. The molecule has 5 rings (SSSR count). The Morgan fingerprint density at radius 2 is 1.87 bits per heavy atom. The van der Waals surface area contributed by atoms with Gasteiger partial charge in [0.15, 0.2) is 0 Å². The van der Waals surface area contributed by atoms with Gasteiger partial charge in [0, 0.05) is 6.07 Å². The van der Waals surface area contributed by atoms with Crippen LogP contribution in [0.25, 0.3) is 0 Å². The van der Waals surface area contributed by atoms with Crippen LogP contribution in [0.15, 0.2) is 27.6 Å². The lowest BCUT2D eigenvalue weighted by Gasteiger charge is -2.56. The number of rotatable bonds is 3. The van der Waals surface area contributed by atoms with Crippen molar-refractivity contribution in [3.63, 3.8) is 0 Å². The minimum absolute atomic E-state index is 0.00141. The molecule has 9 unspecified atom stereocenters. The number of carbonyl (C=O) groups is 1. The van der Waals surface area contributed by atoms with Crippen molar-refractivity contribution in [3.05, 3.63) is 34.4 Å². The van der Waals surface area contributed by atoms with E-state index in [9.17, 15) is 9.59 Å². The summed E-state index contributed by atoms with van der Waals surface area (Å²) in [6.07, 6.45) is 12.8. The summed E-state index contributed by atoms with van der Waals surface area (Å²) >= 11 is 0. The molecule has 1 heterocycles. The van der Waals surface area contributed by atoms with Crippen molar-refractivity contribution >= 4 is 5.97 Å². The van der Waals surface area contributed by atoms with Gasteiger partial charge in [-0.2, -0.15) is 0 Å². The molecule has 1 aromatic rings. The number of hydrogen-bond donors (Lipinski definition) is 1. The van der Waals surface area contributed by atoms with Crippen molar-refractivity contribution in [1.29, 1.82) is 0 Å². The first kappa shape index (κ1) is 20.3. The van der Waals surface area contributed by atoms with Crippen LogP contribution < -0.4 is 11.4 Å². The molecule has 0 aliphatic heterocycles. The quantitative estimate of drug-likeness (QED) is 0.749. The Morgan fingerprint density at radius 3 is 2.63 bits per heavy atom. The topological polar surface area (TPSA) is 82.5 Å². The molecule has 4 fully saturated rings. The third-order valence-electron chi connectivity index (χ3n) is 8.95. The van der Waals surface area contributed by atoms with Gasteiger partial charge in [-0.3, -0.25) is 4.79 Å². The van der Waals surface area contributed by atoms with E-state index >= 15 is 0 Å². The van der Waals surface area contributed by atoms with Crippen LogP contribution in [0.2, 0.25) is 0 Å². The molecular weight excluding hydrogens is 378 g/mol. The predicted molar refractivity (Wildman–Crippen MR) is 114 cm³/mol. The van der Waals surface area contributed by atoms with Crippen LogP contribution in [-0.2, 0) is 9.53 Å². The SMILES string of the molecule is CC(N)C(=O)OC1CCC2C(C1)CC(c1ccc(=O)oc1)C1C3CCCC3CCC21. The molecular formula is C25H35NO4. The Labute approximate surface area is 178 Å². The number of hydrogen-bond acceptors (Lipinski definition) is 5. The monoisotopic (exact) mass is 413 g/mol. The Kier molecular flexibility index (Phi) is 5.51. The molecule has 0 aromatic carbocycles. The van der Waals surface area contributed by atoms with E-state index in [-0.39, 0.29) is 17.7 Å². The van der Waals surface area contributed by atoms with Crippen molar-refractivity contribution in [2.24, 2.45) is 41.2 Å². The van der Waals surface area contributed by atoms with E-state index in [1.807, 2.05) is 6.07 Å². The molecule has 30 heavy (non-hydrogen) atoms. The second-order valence-electron chi connectivity index (χ2n) is 10.5. The molecule has 9 atom stereocenters. The normalized spacial score (nSPS) is 41.3. The van der Waals surface area contributed by atoms with Crippen molar-refractivity contribution in [2.75, 3.05) is 0 Å². The van der Waals surface area contributed by atoms with E-state index < -0.39 is 6.04 Å². The lowest BCUT2D eigenvalue weighted by molar-refractivity contribution is -0.155. The van der Waals surface area contributed by atoms with Crippen LogP contribution in [-0.4, -0.2) is 18.1 Å². The standard InChI is InChI=1S/C25H35NO4/c1-14(26)25(28)30-18-7-9-19-17(11-18)12-22(16-6-10-23(27)29-13-16)24-20-4-2-3-15(20)5-8-21(19)24/h6,10,13-15,17-22,24H,2-5,7-9,11-12,26H2,1H3. The smallest absolute Gasteiger partial charge is 0.335 e. The van der Waals surface area contributed by atoms with E-state index in [1.54, 1.807) is 19.3 Å². The van der Waals surface area contributed by atoms with E-state index in [4.69, 9.17) is 14.9 Å². The largest absolute Gasteiger partial charge is 0.461 e. The maximum Gasteiger partial charge on any atom is 0.335 e. The van der Waals surface area contributed by atoms with Gasteiger partial charge in [0.05, 0.1) is 6.26 Å². The summed E-state index contributed by atoms with van der Waals surface area (Å²) in [4.78, 5) is 23.6. The zero-order valence-electron chi connectivity index (χ0n) is 18.0. The molecule has 0 amide bonds. The van der Waals surface area contributed by atoms with Gasteiger partial charge in [-0.05, 0) is 105 Å². The van der Waals surface area contributed by atoms with Crippen molar-refractivity contribution in [2.45, 2.75) is 82.8 Å². The third kappa shape index (κ3) is 3.63. The molecule has 4 aliphatic carbocycles. The zero-order valence-corrected chi connectivity index (χ0v) is 18.0. The van der Waals surface area contributed by atoms with Crippen LogP contribution in [0.5, 0.6) is 0 Å². The van der Waals surface area contributed by atoms with Gasteiger partial charge in [-0.25, -0.2) is 4.79 Å². The summed E-state index contributed by atoms with van der Waals surface area (Å²) in [5.74, 6) is 4.68. The number of esters is 1. The molecule has 164 valence electrons. The number of ether oxygens (including phenoxy) is 1. The summed E-state index contributed by atoms with van der Waals surface area (Å²) in [5, 5.41) is 0. The highest BCUT2D eigenvalue weighted by Gasteiger charge is 2.53. The van der Waals surface area contributed by atoms with E-state index in [0.29, 0.717) is 17.8 Å². The highest BCUT2D eigenvalue weighted by Crippen LogP contribution is 2.62. The van der Waals surface area contributed by atoms with Gasteiger partial charge < -0.3 is 14.9 Å². The first-order valence-corrected chi connectivity index (χ1v) is 12.1. The minimum atomic E-state index is -0.559. The maximum atomic E-state index is 12.1. The molecule has 0 saturated heterocycles. The van der Waals surface area contributed by atoms with Gasteiger partial charge in [0.25, 0.3) is 0 Å². The lowest BCUT2D eigenvalue weighted by Crippen LogP contribution is -2.49. The molecule has 5 nitrogen and oxygen atoms in total. The van der Waals surface area contributed by atoms with E-state index in [0.717, 1.165) is 49.4 Å². The molecule has 0 radical (unpaired) electrons. The van der Waals surface area contributed by atoms with Crippen LogP contribution in [0.3, 0.4) is 0 Å². The third-order valence-corrected chi connectivity index (χ3v) is 8.95. The summed E-state index contributed by atoms with van der Waals surface area (Å²) in [6, 6.07) is 3.03. The number of nitrogens with two attached hydrogens (primary N) is 1. The van der Waals surface area contributed by atoms with Crippen LogP contribution in [0, 0.1) is 35.5 Å². The van der Waals surface area contributed by atoms with Gasteiger partial charge in [-0.1, -0.05) is 12.8 Å². The van der Waals surface area contributed by atoms with Gasteiger partial charge >= 0.3 is 11.6 Å². The molecule has 0 spiro atoms.